The van der Waals surface area contributed by atoms with Crippen LogP contribution in [0.4, 0.5) is 4.39 Å². The van der Waals surface area contributed by atoms with E-state index >= 15 is 0 Å². The average Bonchev–Trinajstić information content (AvgIpc) is 3.06. The highest BCUT2D eigenvalue weighted by Gasteiger charge is 2.50. The molecule has 2 rings (SSSR count). The molecule has 4 atom stereocenters. The molecular weight excluding hydrogens is 451 g/mol. The van der Waals surface area contributed by atoms with Gasteiger partial charge in [0.15, 0.2) is 6.17 Å². The first-order valence-corrected chi connectivity index (χ1v) is 11.0. The number of hydrogen-bond acceptors (Lipinski definition) is 6. The number of carboxylic acids is 3. The molecule has 1 heterocycles. The summed E-state index contributed by atoms with van der Waals surface area (Å²) in [7, 11) is 0. The number of carboxylic acid groups (broad SMARTS) is 3. The third-order valence-corrected chi connectivity index (χ3v) is 4.38. The Morgan fingerprint density at radius 3 is 1.85 bits per heavy atom. The van der Waals surface area contributed by atoms with Crippen LogP contribution in [0.1, 0.15) is 57.5 Å². The number of halogens is 1. The van der Waals surface area contributed by atoms with Crippen molar-refractivity contribution in [2.45, 2.75) is 78.0 Å². The normalized spacial score (nSPS) is 20.8. The van der Waals surface area contributed by atoms with Crippen molar-refractivity contribution in [2.24, 2.45) is 0 Å². The Balaban J connectivity index is 0. The Kier molecular flexibility index (Phi) is 16.4. The Hall–Kier alpha value is -2.82. The smallest absolute Gasteiger partial charge is 0.348 e. The van der Waals surface area contributed by atoms with Gasteiger partial charge in [-0.1, -0.05) is 45.9 Å². The van der Waals surface area contributed by atoms with Gasteiger partial charge >= 0.3 is 17.9 Å². The van der Waals surface area contributed by atoms with Gasteiger partial charge in [-0.15, -0.1) is 6.58 Å². The molecule has 4 N–H and O–H groups in total. The van der Waals surface area contributed by atoms with Crippen LogP contribution < -0.4 is 0 Å². The van der Waals surface area contributed by atoms with Gasteiger partial charge in [-0.3, -0.25) is 0 Å². The van der Waals surface area contributed by atoms with E-state index in [1.165, 1.54) is 31.2 Å². The lowest BCUT2D eigenvalue weighted by molar-refractivity contribution is -0.189. The van der Waals surface area contributed by atoms with Gasteiger partial charge in [0, 0.05) is 6.42 Å². The number of aromatic carboxylic acids is 1. The van der Waals surface area contributed by atoms with E-state index in [2.05, 4.69) is 6.58 Å². The summed E-state index contributed by atoms with van der Waals surface area (Å²) >= 11 is 0. The first-order chi connectivity index (χ1) is 16.0. The van der Waals surface area contributed by atoms with Gasteiger partial charge in [-0.2, -0.15) is 0 Å². The highest BCUT2D eigenvalue weighted by Crippen LogP contribution is 2.27. The van der Waals surface area contributed by atoms with Crippen LogP contribution in [0.25, 0.3) is 0 Å². The van der Waals surface area contributed by atoms with E-state index in [0.717, 1.165) is 0 Å². The van der Waals surface area contributed by atoms with Gasteiger partial charge in [-0.25, -0.2) is 18.8 Å². The Labute approximate surface area is 199 Å². The van der Waals surface area contributed by atoms with Crippen molar-refractivity contribution >= 4 is 17.9 Å². The Morgan fingerprint density at radius 1 is 1.09 bits per heavy atom. The van der Waals surface area contributed by atoms with E-state index in [9.17, 15) is 34.1 Å². The second-order valence-corrected chi connectivity index (χ2v) is 6.65. The van der Waals surface area contributed by atoms with Crippen molar-refractivity contribution < 1.29 is 48.7 Å². The van der Waals surface area contributed by atoms with E-state index in [4.69, 9.17) is 14.6 Å². The summed E-state index contributed by atoms with van der Waals surface area (Å²) in [5.74, 6) is -4.79. The lowest BCUT2D eigenvalue weighted by Crippen LogP contribution is -2.52. The highest BCUT2D eigenvalue weighted by atomic mass is 19.1. The minimum atomic E-state index is -2.72. The quantitative estimate of drug-likeness (QED) is 0.318. The second-order valence-electron chi connectivity index (χ2n) is 6.65. The van der Waals surface area contributed by atoms with Crippen molar-refractivity contribution in [1.82, 2.24) is 0 Å². The van der Waals surface area contributed by atoms with Crippen molar-refractivity contribution in [2.75, 3.05) is 6.61 Å². The number of alkyl halides is 1. The number of hydrogen-bond donors (Lipinski definition) is 4. The zero-order valence-electron chi connectivity index (χ0n) is 20.5. The predicted octanol–water partition coefficient (Wildman–Crippen LogP) is 3.58. The number of aliphatic hydroxyl groups excluding tert-OH is 1. The van der Waals surface area contributed by atoms with Crippen LogP contribution in [0.2, 0.25) is 0 Å². The van der Waals surface area contributed by atoms with E-state index in [1.54, 1.807) is 6.08 Å². The van der Waals surface area contributed by atoms with Crippen molar-refractivity contribution in [3.63, 3.8) is 0 Å². The van der Waals surface area contributed by atoms with Gasteiger partial charge in [0.1, 0.15) is 12.2 Å². The first kappa shape index (κ1) is 33.4. The summed E-state index contributed by atoms with van der Waals surface area (Å²) in [6.45, 7) is 14.0. The maximum atomic E-state index is 13.6. The van der Waals surface area contributed by atoms with E-state index in [1.807, 2.05) is 34.6 Å². The molecule has 0 saturated carbocycles. The molecule has 1 aliphatic rings. The molecule has 1 aromatic carbocycles. The summed E-state index contributed by atoms with van der Waals surface area (Å²) in [6.07, 6.45) is -4.31. The van der Waals surface area contributed by atoms with E-state index in [0.29, 0.717) is 0 Å². The fourth-order valence-electron chi connectivity index (χ4n) is 2.75. The van der Waals surface area contributed by atoms with Crippen LogP contribution in [0.3, 0.4) is 0 Å². The molecule has 34 heavy (non-hydrogen) atoms. The van der Waals surface area contributed by atoms with Crippen molar-refractivity contribution in [3.8, 4) is 0 Å². The molecule has 4 unspecified atom stereocenters. The first-order valence-electron chi connectivity index (χ1n) is 11.0. The van der Waals surface area contributed by atoms with Crippen LogP contribution in [-0.2, 0) is 25.5 Å². The van der Waals surface area contributed by atoms with Gasteiger partial charge in [-0.05, 0) is 31.5 Å². The molecule has 1 saturated heterocycles. The fourth-order valence-corrected chi connectivity index (χ4v) is 2.75. The molecule has 0 radical (unpaired) electrons. The van der Waals surface area contributed by atoms with E-state index in [-0.39, 0.29) is 11.1 Å². The lowest BCUT2D eigenvalue weighted by Gasteiger charge is -2.27. The number of benzene rings is 1. The largest absolute Gasteiger partial charge is 0.479 e. The molecule has 1 fully saturated rings. The van der Waals surface area contributed by atoms with Crippen molar-refractivity contribution in [1.29, 1.82) is 0 Å². The molecule has 9 nitrogen and oxygen atoms in total. The lowest BCUT2D eigenvalue weighted by atomic mass is 9.93. The SMILES string of the molecule is C=CC.CC.CC.CC1OC(COC(Cc2ccc(C(=O)O)cc2)(C(=O)O)C(=O)O)C(O)C1F. The minimum Gasteiger partial charge on any atom is -0.479 e. The zero-order chi connectivity index (χ0) is 27.1. The minimum absolute atomic E-state index is 0.0543. The molecule has 0 aliphatic carbocycles. The summed E-state index contributed by atoms with van der Waals surface area (Å²) in [6, 6.07) is 4.94. The fraction of sp³-hybridized carbons (Fsp3) is 0.542. The number of aliphatic carboxylic acids is 2. The highest BCUT2D eigenvalue weighted by molar-refractivity contribution is 6.02. The number of rotatable bonds is 8. The van der Waals surface area contributed by atoms with E-state index < -0.39 is 61.0 Å². The summed E-state index contributed by atoms with van der Waals surface area (Å²) < 4.78 is 23.9. The molecule has 0 spiro atoms. The van der Waals surface area contributed by atoms with Gasteiger partial charge in [0.25, 0.3) is 5.60 Å². The Morgan fingerprint density at radius 2 is 1.53 bits per heavy atom. The number of ether oxygens (including phenoxy) is 2. The summed E-state index contributed by atoms with van der Waals surface area (Å²) in [4.78, 5) is 34.2. The Bertz CT molecular complexity index is 750. The molecule has 0 aromatic heterocycles. The second kappa shape index (κ2) is 16.7. The predicted molar refractivity (Wildman–Crippen MR) is 125 cm³/mol. The third kappa shape index (κ3) is 9.20. The standard InChI is InChI=1S/C17H19FO9.C3H6.2C2H6/c1-8-12(18)13(19)11(27-8)7-26-17(15(22)23,16(24)25)6-9-2-4-10(5-3-9)14(20)21;1-3-2;2*1-2/h2-5,8,11-13,19H,6-7H2,1H3,(H,20,21)(H,22,23)(H,24,25);3H,1H2,2H3;2*1-2H3. The zero-order valence-corrected chi connectivity index (χ0v) is 20.5. The van der Waals surface area contributed by atoms with Crippen LogP contribution in [0.5, 0.6) is 0 Å². The maximum Gasteiger partial charge on any atom is 0.348 e. The maximum absolute atomic E-state index is 13.6. The molecule has 0 amide bonds. The molecule has 1 aromatic rings. The monoisotopic (exact) mass is 488 g/mol. The third-order valence-electron chi connectivity index (χ3n) is 4.38. The molecule has 194 valence electrons. The number of aliphatic hydroxyl groups is 1. The van der Waals surface area contributed by atoms with Crippen LogP contribution in [-0.4, -0.2) is 75.0 Å². The summed E-state index contributed by atoms with van der Waals surface area (Å²) in [5.41, 5.74) is -2.57. The topological polar surface area (TPSA) is 151 Å². The summed E-state index contributed by atoms with van der Waals surface area (Å²) in [5, 5.41) is 37.6. The molecule has 10 heteroatoms. The van der Waals surface area contributed by atoms with Gasteiger partial charge in [0.05, 0.1) is 18.3 Å². The molecule has 1 aliphatic heterocycles. The van der Waals surface area contributed by atoms with Gasteiger partial charge in [0.2, 0.25) is 0 Å². The van der Waals surface area contributed by atoms with Crippen LogP contribution in [0, 0.1) is 0 Å². The van der Waals surface area contributed by atoms with Crippen LogP contribution >= 0.6 is 0 Å². The molecular formula is C24H37FO9. The van der Waals surface area contributed by atoms with Crippen LogP contribution in [0.15, 0.2) is 36.9 Å². The average molecular weight is 489 g/mol. The van der Waals surface area contributed by atoms with Gasteiger partial charge < -0.3 is 29.9 Å². The van der Waals surface area contributed by atoms with Crippen molar-refractivity contribution in [3.05, 3.63) is 48.0 Å². The number of allylic oxidation sites excluding steroid dienone is 1. The molecule has 0 bridgehead atoms. The number of carbonyl (C=O) groups is 3.